The number of nitro benzene ring substituents is 1. The van der Waals surface area contributed by atoms with Crippen LogP contribution in [0.4, 0.5) is 5.69 Å². The third-order valence-electron chi connectivity index (χ3n) is 1.98. The number of benzene rings is 1. The zero-order chi connectivity index (χ0) is 10.0. The molecule has 0 saturated carbocycles. The maximum Gasteiger partial charge on any atom is 0.288 e. The number of nitro groups is 1. The molecule has 0 atom stereocenters. The quantitative estimate of drug-likeness (QED) is 0.543. The van der Waals surface area contributed by atoms with Crippen molar-refractivity contribution < 1.29 is 4.92 Å². The monoisotopic (exact) mass is 199 g/mol. The van der Waals surface area contributed by atoms with E-state index in [1.165, 1.54) is 6.07 Å². The van der Waals surface area contributed by atoms with Gasteiger partial charge in [0.1, 0.15) is 5.02 Å². The standard InChI is InChI=1S/C9H10ClNO2/c1-3-7-5-9(11(12)13)8(10)4-6(7)2/h4-5H,3H2,1-2H3. The second-order valence-corrected chi connectivity index (χ2v) is 3.25. The van der Waals surface area contributed by atoms with Crippen molar-refractivity contribution in [2.45, 2.75) is 20.3 Å². The van der Waals surface area contributed by atoms with E-state index < -0.39 is 4.92 Å². The van der Waals surface area contributed by atoms with Gasteiger partial charge in [0.15, 0.2) is 0 Å². The summed E-state index contributed by atoms with van der Waals surface area (Å²) in [5.41, 5.74) is 1.96. The maximum absolute atomic E-state index is 10.5. The molecule has 0 saturated heterocycles. The van der Waals surface area contributed by atoms with Gasteiger partial charge in [-0.2, -0.15) is 0 Å². The summed E-state index contributed by atoms with van der Waals surface area (Å²) in [7, 11) is 0. The number of hydrogen-bond donors (Lipinski definition) is 0. The van der Waals surface area contributed by atoms with Crippen LogP contribution < -0.4 is 0 Å². The second-order valence-electron chi connectivity index (χ2n) is 2.84. The summed E-state index contributed by atoms with van der Waals surface area (Å²) in [5, 5.41) is 10.7. The third kappa shape index (κ3) is 1.98. The van der Waals surface area contributed by atoms with Gasteiger partial charge in [-0.05, 0) is 30.5 Å². The molecule has 0 bridgehead atoms. The van der Waals surface area contributed by atoms with Crippen molar-refractivity contribution in [3.63, 3.8) is 0 Å². The van der Waals surface area contributed by atoms with Crippen LogP contribution in [-0.2, 0) is 6.42 Å². The second kappa shape index (κ2) is 3.75. The molecule has 1 rings (SSSR count). The van der Waals surface area contributed by atoms with E-state index in [1.54, 1.807) is 6.07 Å². The van der Waals surface area contributed by atoms with Crippen molar-refractivity contribution in [1.29, 1.82) is 0 Å². The van der Waals surface area contributed by atoms with Crippen LogP contribution in [0.25, 0.3) is 0 Å². The summed E-state index contributed by atoms with van der Waals surface area (Å²) in [6, 6.07) is 3.18. The topological polar surface area (TPSA) is 43.1 Å². The number of hydrogen-bond acceptors (Lipinski definition) is 2. The van der Waals surface area contributed by atoms with Gasteiger partial charge >= 0.3 is 0 Å². The highest BCUT2D eigenvalue weighted by atomic mass is 35.5. The molecule has 0 aliphatic carbocycles. The van der Waals surface area contributed by atoms with Crippen molar-refractivity contribution in [3.05, 3.63) is 38.4 Å². The van der Waals surface area contributed by atoms with Gasteiger partial charge in [0, 0.05) is 6.07 Å². The summed E-state index contributed by atoms with van der Waals surface area (Å²) in [6.07, 6.45) is 0.782. The third-order valence-corrected chi connectivity index (χ3v) is 2.29. The number of nitrogens with zero attached hydrogens (tertiary/aromatic N) is 1. The minimum Gasteiger partial charge on any atom is -0.258 e. The zero-order valence-corrected chi connectivity index (χ0v) is 8.26. The average molecular weight is 200 g/mol. The van der Waals surface area contributed by atoms with Gasteiger partial charge in [0.05, 0.1) is 4.92 Å². The molecule has 0 aliphatic heterocycles. The predicted octanol–water partition coefficient (Wildman–Crippen LogP) is 3.12. The van der Waals surface area contributed by atoms with Gasteiger partial charge in [0.25, 0.3) is 5.69 Å². The predicted molar refractivity (Wildman–Crippen MR) is 52.2 cm³/mol. The lowest BCUT2D eigenvalue weighted by Crippen LogP contribution is -1.93. The molecular weight excluding hydrogens is 190 g/mol. The Morgan fingerprint density at radius 3 is 2.62 bits per heavy atom. The number of rotatable bonds is 2. The van der Waals surface area contributed by atoms with Crippen LogP contribution in [0.3, 0.4) is 0 Å². The first-order valence-electron chi connectivity index (χ1n) is 3.99. The van der Waals surface area contributed by atoms with E-state index in [9.17, 15) is 10.1 Å². The Bertz CT molecular complexity index is 350. The summed E-state index contributed by atoms with van der Waals surface area (Å²) < 4.78 is 0. The summed E-state index contributed by atoms with van der Waals surface area (Å²) in [4.78, 5) is 10.1. The Hall–Kier alpha value is -1.09. The molecule has 0 aliphatic rings. The van der Waals surface area contributed by atoms with E-state index in [2.05, 4.69) is 0 Å². The molecule has 0 aromatic heterocycles. The summed E-state index contributed by atoms with van der Waals surface area (Å²) >= 11 is 5.71. The Morgan fingerprint density at radius 2 is 2.15 bits per heavy atom. The Kier molecular flexibility index (Phi) is 2.88. The SMILES string of the molecule is CCc1cc([N+](=O)[O-])c(Cl)cc1C. The highest BCUT2D eigenvalue weighted by Gasteiger charge is 2.13. The first kappa shape index (κ1) is 9.99. The van der Waals surface area contributed by atoms with E-state index in [0.29, 0.717) is 0 Å². The maximum atomic E-state index is 10.5. The molecule has 0 spiro atoms. The van der Waals surface area contributed by atoms with E-state index in [0.717, 1.165) is 17.5 Å². The van der Waals surface area contributed by atoms with Crippen molar-refractivity contribution >= 4 is 17.3 Å². The van der Waals surface area contributed by atoms with Crippen molar-refractivity contribution in [1.82, 2.24) is 0 Å². The molecule has 0 N–H and O–H groups in total. The van der Waals surface area contributed by atoms with E-state index >= 15 is 0 Å². The summed E-state index contributed by atoms with van der Waals surface area (Å²) in [6.45, 7) is 3.86. The molecule has 0 fully saturated rings. The Balaban J connectivity index is 3.30. The molecule has 3 nitrogen and oxygen atoms in total. The van der Waals surface area contributed by atoms with Crippen molar-refractivity contribution in [2.24, 2.45) is 0 Å². The average Bonchev–Trinajstić information content (AvgIpc) is 2.03. The lowest BCUT2D eigenvalue weighted by molar-refractivity contribution is -0.384. The first-order valence-corrected chi connectivity index (χ1v) is 4.37. The molecule has 70 valence electrons. The highest BCUT2D eigenvalue weighted by molar-refractivity contribution is 6.32. The molecule has 0 amide bonds. The highest BCUT2D eigenvalue weighted by Crippen LogP contribution is 2.27. The van der Waals surface area contributed by atoms with Crippen molar-refractivity contribution in [2.75, 3.05) is 0 Å². The van der Waals surface area contributed by atoms with Crippen LogP contribution in [0.1, 0.15) is 18.1 Å². The lowest BCUT2D eigenvalue weighted by atomic mass is 10.1. The van der Waals surface area contributed by atoms with Crippen LogP contribution in [0.5, 0.6) is 0 Å². The van der Waals surface area contributed by atoms with Crippen molar-refractivity contribution in [3.8, 4) is 0 Å². The van der Waals surface area contributed by atoms with Crippen LogP contribution in [-0.4, -0.2) is 4.92 Å². The normalized spacial score (nSPS) is 10.1. The van der Waals surface area contributed by atoms with Gasteiger partial charge in [-0.1, -0.05) is 18.5 Å². The summed E-state index contributed by atoms with van der Waals surface area (Å²) in [5.74, 6) is 0. The minimum absolute atomic E-state index is 0.0101. The molecule has 1 aromatic rings. The van der Waals surface area contributed by atoms with Gasteiger partial charge in [-0.3, -0.25) is 10.1 Å². The van der Waals surface area contributed by atoms with Gasteiger partial charge < -0.3 is 0 Å². The largest absolute Gasteiger partial charge is 0.288 e. The smallest absolute Gasteiger partial charge is 0.258 e. The Labute approximate surface area is 81.5 Å². The fourth-order valence-corrected chi connectivity index (χ4v) is 1.51. The van der Waals surface area contributed by atoms with E-state index in [1.807, 2.05) is 13.8 Å². The molecule has 1 aromatic carbocycles. The van der Waals surface area contributed by atoms with Crippen LogP contribution in [0.15, 0.2) is 12.1 Å². The fourth-order valence-electron chi connectivity index (χ4n) is 1.23. The number of halogens is 1. The van der Waals surface area contributed by atoms with Gasteiger partial charge in [-0.25, -0.2) is 0 Å². The molecule has 0 radical (unpaired) electrons. The van der Waals surface area contributed by atoms with Crippen LogP contribution >= 0.6 is 11.6 Å². The molecule has 13 heavy (non-hydrogen) atoms. The molecule has 4 heteroatoms. The van der Waals surface area contributed by atoms with E-state index in [4.69, 9.17) is 11.6 Å². The Morgan fingerprint density at radius 1 is 1.54 bits per heavy atom. The molecule has 0 unspecified atom stereocenters. The molecule has 0 heterocycles. The van der Waals surface area contributed by atoms with E-state index in [-0.39, 0.29) is 10.7 Å². The fraction of sp³-hybridized carbons (Fsp3) is 0.333. The van der Waals surface area contributed by atoms with Crippen LogP contribution in [0.2, 0.25) is 5.02 Å². The zero-order valence-electron chi connectivity index (χ0n) is 7.50. The minimum atomic E-state index is -0.457. The van der Waals surface area contributed by atoms with Gasteiger partial charge in [-0.15, -0.1) is 0 Å². The lowest BCUT2D eigenvalue weighted by Gasteiger charge is -2.03. The number of aryl methyl sites for hydroxylation is 2. The molecular formula is C9H10ClNO2. The van der Waals surface area contributed by atoms with Gasteiger partial charge in [0.2, 0.25) is 0 Å². The van der Waals surface area contributed by atoms with Crippen LogP contribution in [0, 0.1) is 17.0 Å². The first-order chi connectivity index (χ1) is 6.06.